The number of thiazole rings is 1. The van der Waals surface area contributed by atoms with E-state index in [1.807, 2.05) is 34.3 Å². The van der Waals surface area contributed by atoms with E-state index in [1.54, 1.807) is 20.4 Å². The maximum atomic E-state index is 12.1. The highest BCUT2D eigenvalue weighted by molar-refractivity contribution is 7.13. The Morgan fingerprint density at radius 1 is 1.36 bits per heavy atom. The summed E-state index contributed by atoms with van der Waals surface area (Å²) in [7, 11) is 3.21. The number of anilines is 1. The van der Waals surface area contributed by atoms with Gasteiger partial charge in [-0.05, 0) is 6.07 Å². The zero-order valence-electron chi connectivity index (χ0n) is 12.2. The highest BCUT2D eigenvalue weighted by Crippen LogP contribution is 2.31. The van der Waals surface area contributed by atoms with Crippen molar-refractivity contribution in [3.8, 4) is 11.5 Å². The maximum Gasteiger partial charge on any atom is 0.246 e. The number of rotatable bonds is 5. The lowest BCUT2D eigenvalue weighted by Crippen LogP contribution is -2.18. The third kappa shape index (κ3) is 2.75. The molecule has 1 N–H and O–H groups in total. The van der Waals surface area contributed by atoms with E-state index in [4.69, 9.17) is 9.47 Å². The quantitative estimate of drug-likeness (QED) is 0.786. The Bertz CT molecular complexity index is 796. The largest absolute Gasteiger partial charge is 0.497 e. The summed E-state index contributed by atoms with van der Waals surface area (Å²) in [5.74, 6) is 1.27. The van der Waals surface area contributed by atoms with Gasteiger partial charge >= 0.3 is 0 Å². The Balaban J connectivity index is 1.89. The van der Waals surface area contributed by atoms with Crippen LogP contribution in [0.25, 0.3) is 10.9 Å². The van der Waals surface area contributed by atoms with Crippen molar-refractivity contribution in [2.24, 2.45) is 0 Å². The van der Waals surface area contributed by atoms with Gasteiger partial charge in [-0.2, -0.15) is 0 Å². The number of methoxy groups -OCH3 is 2. The molecule has 0 unspecified atom stereocenters. The summed E-state index contributed by atoms with van der Waals surface area (Å²) in [6.07, 6.45) is 3.51. The third-order valence-corrected chi connectivity index (χ3v) is 3.96. The molecule has 0 aliphatic heterocycles. The zero-order chi connectivity index (χ0) is 15.5. The minimum absolute atomic E-state index is 0.130. The number of carbonyl (C=O) groups excluding carboxylic acids is 1. The number of ether oxygens (including phenoxy) is 2. The van der Waals surface area contributed by atoms with Crippen molar-refractivity contribution in [2.75, 3.05) is 19.5 Å². The van der Waals surface area contributed by atoms with Gasteiger partial charge in [0.1, 0.15) is 18.0 Å². The fraction of sp³-hybridized carbons (Fsp3) is 0.200. The number of hydrogen-bond acceptors (Lipinski definition) is 5. The number of fused-ring (bicyclic) bond motifs is 1. The molecule has 0 bridgehead atoms. The number of amides is 1. The first kappa shape index (κ1) is 14.4. The molecule has 0 atom stereocenters. The van der Waals surface area contributed by atoms with Crippen LogP contribution < -0.4 is 14.8 Å². The van der Waals surface area contributed by atoms with E-state index < -0.39 is 0 Å². The molecule has 0 radical (unpaired) electrons. The van der Waals surface area contributed by atoms with Crippen molar-refractivity contribution >= 4 is 33.3 Å². The predicted molar refractivity (Wildman–Crippen MR) is 85.8 cm³/mol. The molecule has 3 rings (SSSR count). The van der Waals surface area contributed by atoms with Crippen LogP contribution in [0.3, 0.4) is 0 Å². The normalized spacial score (nSPS) is 10.6. The van der Waals surface area contributed by atoms with Crippen molar-refractivity contribution in [3.05, 3.63) is 36.0 Å². The predicted octanol–water partition coefficient (Wildman–Crippen LogP) is 2.75. The fourth-order valence-electron chi connectivity index (χ4n) is 2.26. The molecule has 2 heterocycles. The minimum atomic E-state index is -0.130. The van der Waals surface area contributed by atoms with E-state index in [1.165, 1.54) is 11.3 Å². The van der Waals surface area contributed by atoms with E-state index in [9.17, 15) is 4.79 Å². The van der Waals surface area contributed by atoms with Crippen LogP contribution in [0.1, 0.15) is 0 Å². The van der Waals surface area contributed by atoms with Crippen LogP contribution in [-0.2, 0) is 11.3 Å². The third-order valence-electron chi connectivity index (χ3n) is 3.27. The maximum absolute atomic E-state index is 12.1. The summed E-state index contributed by atoms with van der Waals surface area (Å²) >= 11 is 1.39. The monoisotopic (exact) mass is 317 g/mol. The molecule has 1 amide bonds. The van der Waals surface area contributed by atoms with E-state index >= 15 is 0 Å². The molecule has 0 spiro atoms. The van der Waals surface area contributed by atoms with E-state index in [-0.39, 0.29) is 12.5 Å². The van der Waals surface area contributed by atoms with Crippen LogP contribution in [0.2, 0.25) is 0 Å². The first-order valence-corrected chi connectivity index (χ1v) is 7.49. The molecule has 7 heteroatoms. The summed E-state index contributed by atoms with van der Waals surface area (Å²) < 4.78 is 12.5. The molecule has 6 nitrogen and oxygen atoms in total. The fourth-order valence-corrected chi connectivity index (χ4v) is 2.81. The second-order valence-corrected chi connectivity index (χ2v) is 5.49. The molecule has 2 aromatic heterocycles. The number of nitrogens with zero attached hydrogens (tertiary/aromatic N) is 2. The lowest BCUT2D eigenvalue weighted by Gasteiger charge is -2.09. The lowest BCUT2D eigenvalue weighted by atomic mass is 10.2. The molecule has 3 aromatic rings. The Morgan fingerprint density at radius 2 is 2.23 bits per heavy atom. The average molecular weight is 317 g/mol. The standard InChI is InChI=1S/C15H15N3O3S/c1-20-10-7-12-11(13(8-10)21-2)3-5-18(12)9-14(19)17-15-16-4-6-22-15/h3-8H,9H2,1-2H3,(H,16,17,19). The number of benzene rings is 1. The van der Waals surface area contributed by atoms with Crippen LogP contribution in [0.4, 0.5) is 5.13 Å². The van der Waals surface area contributed by atoms with Crippen LogP contribution in [0, 0.1) is 0 Å². The second kappa shape index (κ2) is 6.07. The Labute approximate surface area is 131 Å². The first-order chi connectivity index (χ1) is 10.7. The summed E-state index contributed by atoms with van der Waals surface area (Å²) in [6.45, 7) is 0.194. The van der Waals surface area contributed by atoms with Gasteiger partial charge in [0.15, 0.2) is 5.13 Å². The van der Waals surface area contributed by atoms with Crippen LogP contribution >= 0.6 is 11.3 Å². The second-order valence-electron chi connectivity index (χ2n) is 4.59. The van der Waals surface area contributed by atoms with E-state index in [2.05, 4.69) is 10.3 Å². The van der Waals surface area contributed by atoms with Crippen LogP contribution in [0.5, 0.6) is 11.5 Å². The van der Waals surface area contributed by atoms with Crippen molar-refractivity contribution in [1.29, 1.82) is 0 Å². The summed E-state index contributed by atoms with van der Waals surface area (Å²) in [4.78, 5) is 16.1. The first-order valence-electron chi connectivity index (χ1n) is 6.61. The Kier molecular flexibility index (Phi) is 3.97. The number of hydrogen-bond donors (Lipinski definition) is 1. The van der Waals surface area contributed by atoms with Gasteiger partial charge in [-0.1, -0.05) is 0 Å². The minimum Gasteiger partial charge on any atom is -0.497 e. The molecular weight excluding hydrogens is 302 g/mol. The van der Waals surface area contributed by atoms with E-state index in [0.29, 0.717) is 16.6 Å². The molecule has 0 saturated heterocycles. The molecule has 22 heavy (non-hydrogen) atoms. The smallest absolute Gasteiger partial charge is 0.246 e. The molecule has 0 aliphatic carbocycles. The van der Waals surface area contributed by atoms with Crippen molar-refractivity contribution in [3.63, 3.8) is 0 Å². The molecule has 1 aromatic carbocycles. The zero-order valence-corrected chi connectivity index (χ0v) is 13.0. The lowest BCUT2D eigenvalue weighted by molar-refractivity contribution is -0.116. The number of aromatic nitrogens is 2. The summed E-state index contributed by atoms with van der Waals surface area (Å²) in [5, 5.41) is 6.11. The SMILES string of the molecule is COc1cc(OC)c2ccn(CC(=O)Nc3nccs3)c2c1. The van der Waals surface area contributed by atoms with E-state index in [0.717, 1.165) is 10.9 Å². The van der Waals surface area contributed by atoms with Gasteiger partial charge in [0.2, 0.25) is 5.91 Å². The highest BCUT2D eigenvalue weighted by Gasteiger charge is 2.12. The van der Waals surface area contributed by atoms with Gasteiger partial charge in [0, 0.05) is 35.3 Å². The topological polar surface area (TPSA) is 65.4 Å². The Morgan fingerprint density at radius 3 is 2.91 bits per heavy atom. The van der Waals surface area contributed by atoms with Crippen LogP contribution in [-0.4, -0.2) is 29.7 Å². The van der Waals surface area contributed by atoms with Gasteiger partial charge in [0.25, 0.3) is 0 Å². The van der Waals surface area contributed by atoms with Gasteiger partial charge < -0.3 is 19.4 Å². The average Bonchev–Trinajstić information content (AvgIpc) is 3.16. The summed E-state index contributed by atoms with van der Waals surface area (Å²) in [5.41, 5.74) is 0.880. The van der Waals surface area contributed by atoms with Gasteiger partial charge in [-0.25, -0.2) is 4.98 Å². The molecule has 0 fully saturated rings. The Hall–Kier alpha value is -2.54. The van der Waals surface area contributed by atoms with Gasteiger partial charge in [0.05, 0.1) is 19.7 Å². The molecule has 0 aliphatic rings. The highest BCUT2D eigenvalue weighted by atomic mass is 32.1. The summed E-state index contributed by atoms with van der Waals surface area (Å²) in [6, 6.07) is 5.63. The van der Waals surface area contributed by atoms with Crippen molar-refractivity contribution in [2.45, 2.75) is 6.54 Å². The van der Waals surface area contributed by atoms with Crippen molar-refractivity contribution < 1.29 is 14.3 Å². The van der Waals surface area contributed by atoms with Gasteiger partial charge in [-0.3, -0.25) is 4.79 Å². The molecule has 114 valence electrons. The number of nitrogens with one attached hydrogen (secondary N) is 1. The molecular formula is C15H15N3O3S. The number of carbonyl (C=O) groups is 1. The van der Waals surface area contributed by atoms with Crippen LogP contribution in [0.15, 0.2) is 36.0 Å². The van der Waals surface area contributed by atoms with Gasteiger partial charge in [-0.15, -0.1) is 11.3 Å². The van der Waals surface area contributed by atoms with Crippen molar-refractivity contribution in [1.82, 2.24) is 9.55 Å². The molecule has 0 saturated carbocycles.